The van der Waals surface area contributed by atoms with Crippen molar-refractivity contribution in [2.45, 2.75) is 70.9 Å². The molecule has 1 atom stereocenters. The Morgan fingerprint density at radius 1 is 1.15 bits per heavy atom. The van der Waals surface area contributed by atoms with Crippen molar-refractivity contribution in [1.29, 1.82) is 0 Å². The summed E-state index contributed by atoms with van der Waals surface area (Å²) in [5.74, 6) is 1.97. The van der Waals surface area contributed by atoms with Gasteiger partial charge in [-0.2, -0.15) is 0 Å². The molecule has 0 amide bonds. The lowest BCUT2D eigenvalue weighted by molar-refractivity contribution is -0.161. The molecular formula is C15H27BO4. The SMILES string of the molecule is CC1(C)OB(/C=C/CCOC2CCCCO2)OC1(C)C. The lowest BCUT2D eigenvalue weighted by atomic mass is 9.90. The van der Waals surface area contributed by atoms with Crippen molar-refractivity contribution in [2.75, 3.05) is 13.2 Å². The quantitative estimate of drug-likeness (QED) is 0.573. The molecular weight excluding hydrogens is 255 g/mol. The fourth-order valence-corrected chi connectivity index (χ4v) is 2.28. The highest BCUT2D eigenvalue weighted by molar-refractivity contribution is 6.51. The van der Waals surface area contributed by atoms with Crippen molar-refractivity contribution in [3.8, 4) is 0 Å². The van der Waals surface area contributed by atoms with Crippen LogP contribution in [0.4, 0.5) is 0 Å². The lowest BCUT2D eigenvalue weighted by Gasteiger charge is -2.32. The van der Waals surface area contributed by atoms with E-state index in [1.807, 2.05) is 5.98 Å². The van der Waals surface area contributed by atoms with Crippen LogP contribution in [-0.2, 0) is 18.8 Å². The molecule has 0 aromatic heterocycles. The number of hydrogen-bond donors (Lipinski definition) is 0. The summed E-state index contributed by atoms with van der Waals surface area (Å²) in [4.78, 5) is 0. The summed E-state index contributed by atoms with van der Waals surface area (Å²) >= 11 is 0. The molecule has 2 aliphatic rings. The Bertz CT molecular complexity index is 319. The van der Waals surface area contributed by atoms with Gasteiger partial charge in [0.1, 0.15) is 0 Å². The average Bonchev–Trinajstić information content (AvgIpc) is 2.58. The van der Waals surface area contributed by atoms with Gasteiger partial charge in [0.15, 0.2) is 6.29 Å². The first kappa shape index (κ1) is 16.0. The third kappa shape index (κ3) is 4.07. The number of hydrogen-bond acceptors (Lipinski definition) is 4. The topological polar surface area (TPSA) is 36.9 Å². The van der Waals surface area contributed by atoms with Gasteiger partial charge in [0, 0.05) is 6.61 Å². The van der Waals surface area contributed by atoms with Gasteiger partial charge in [-0.05, 0) is 53.4 Å². The molecule has 20 heavy (non-hydrogen) atoms. The van der Waals surface area contributed by atoms with Crippen molar-refractivity contribution < 1.29 is 18.8 Å². The van der Waals surface area contributed by atoms with Gasteiger partial charge < -0.3 is 18.8 Å². The maximum atomic E-state index is 5.89. The molecule has 1 unspecified atom stereocenters. The van der Waals surface area contributed by atoms with E-state index in [1.54, 1.807) is 0 Å². The Hall–Kier alpha value is -0.355. The van der Waals surface area contributed by atoms with Gasteiger partial charge in [0.2, 0.25) is 0 Å². The van der Waals surface area contributed by atoms with Crippen molar-refractivity contribution in [3.63, 3.8) is 0 Å². The maximum Gasteiger partial charge on any atom is 0.486 e. The van der Waals surface area contributed by atoms with E-state index in [0.717, 1.165) is 25.9 Å². The fourth-order valence-electron chi connectivity index (χ4n) is 2.28. The first-order valence-electron chi connectivity index (χ1n) is 7.66. The summed E-state index contributed by atoms with van der Waals surface area (Å²) < 4.78 is 23.0. The molecule has 0 radical (unpaired) electrons. The van der Waals surface area contributed by atoms with Crippen LogP contribution in [0.25, 0.3) is 0 Å². The third-order valence-electron chi connectivity index (χ3n) is 4.29. The molecule has 0 N–H and O–H groups in total. The van der Waals surface area contributed by atoms with Gasteiger partial charge in [0.05, 0.1) is 17.8 Å². The van der Waals surface area contributed by atoms with Gasteiger partial charge in [-0.1, -0.05) is 12.1 Å². The molecule has 0 aliphatic carbocycles. The summed E-state index contributed by atoms with van der Waals surface area (Å²) in [6.07, 6.45) is 6.28. The highest BCUT2D eigenvalue weighted by atomic mass is 16.7. The average molecular weight is 282 g/mol. The third-order valence-corrected chi connectivity index (χ3v) is 4.29. The molecule has 5 heteroatoms. The molecule has 114 valence electrons. The Labute approximate surface area is 122 Å². The zero-order valence-corrected chi connectivity index (χ0v) is 13.2. The number of rotatable bonds is 5. The minimum absolute atomic E-state index is 0.00556. The van der Waals surface area contributed by atoms with Crippen molar-refractivity contribution >= 4 is 7.12 Å². The number of ether oxygens (including phenoxy) is 2. The summed E-state index contributed by atoms with van der Waals surface area (Å²) in [6.45, 7) is 9.75. The van der Waals surface area contributed by atoms with Gasteiger partial charge in [-0.3, -0.25) is 0 Å². The molecule has 2 fully saturated rings. The zero-order chi connectivity index (χ0) is 14.6. The lowest BCUT2D eigenvalue weighted by Crippen LogP contribution is -2.41. The Balaban J connectivity index is 1.64. The zero-order valence-electron chi connectivity index (χ0n) is 13.2. The molecule has 2 saturated heterocycles. The fraction of sp³-hybridized carbons (Fsp3) is 0.867. The van der Waals surface area contributed by atoms with Crippen LogP contribution in [0, 0.1) is 0 Å². The van der Waals surface area contributed by atoms with Crippen LogP contribution in [0.2, 0.25) is 0 Å². The van der Waals surface area contributed by atoms with Crippen LogP contribution in [0.3, 0.4) is 0 Å². The van der Waals surface area contributed by atoms with Crippen molar-refractivity contribution in [2.24, 2.45) is 0 Å². The smallest absolute Gasteiger partial charge is 0.400 e. The standard InChI is InChI=1S/C15H27BO4/c1-14(2)15(3,4)20-16(19-14)10-6-8-12-18-13-9-5-7-11-17-13/h6,10,13H,5,7-9,11-12H2,1-4H3/b10-6+. The second-order valence-electron chi connectivity index (χ2n) is 6.51. The van der Waals surface area contributed by atoms with E-state index < -0.39 is 0 Å². The summed E-state index contributed by atoms with van der Waals surface area (Å²) in [5.41, 5.74) is -0.539. The highest BCUT2D eigenvalue weighted by Crippen LogP contribution is 2.36. The Kier molecular flexibility index (Phi) is 5.29. The predicted octanol–water partition coefficient (Wildman–Crippen LogP) is 3.11. The molecule has 2 rings (SSSR count). The van der Waals surface area contributed by atoms with E-state index in [2.05, 4.69) is 33.8 Å². The molecule has 2 aliphatic heterocycles. The largest absolute Gasteiger partial charge is 0.486 e. The predicted molar refractivity (Wildman–Crippen MR) is 79.4 cm³/mol. The van der Waals surface area contributed by atoms with Gasteiger partial charge in [0.25, 0.3) is 0 Å². The minimum Gasteiger partial charge on any atom is -0.400 e. The first-order valence-corrected chi connectivity index (χ1v) is 7.66. The molecule has 0 aromatic carbocycles. The van der Waals surface area contributed by atoms with E-state index in [-0.39, 0.29) is 24.6 Å². The van der Waals surface area contributed by atoms with Crippen LogP contribution in [0.5, 0.6) is 0 Å². The molecule has 0 bridgehead atoms. The van der Waals surface area contributed by atoms with Crippen molar-refractivity contribution in [1.82, 2.24) is 0 Å². The monoisotopic (exact) mass is 282 g/mol. The van der Waals surface area contributed by atoms with Crippen LogP contribution in [0.1, 0.15) is 53.4 Å². The maximum absolute atomic E-state index is 5.89. The van der Waals surface area contributed by atoms with E-state index in [4.69, 9.17) is 18.8 Å². The van der Waals surface area contributed by atoms with Gasteiger partial charge >= 0.3 is 7.12 Å². The van der Waals surface area contributed by atoms with Crippen LogP contribution in [-0.4, -0.2) is 37.8 Å². The molecule has 0 aromatic rings. The normalized spacial score (nSPS) is 29.2. The summed E-state index contributed by atoms with van der Waals surface area (Å²) in [5, 5.41) is 0. The van der Waals surface area contributed by atoms with E-state index in [0.29, 0.717) is 6.61 Å². The minimum atomic E-state index is -0.269. The Morgan fingerprint density at radius 3 is 2.45 bits per heavy atom. The van der Waals surface area contributed by atoms with Crippen LogP contribution in [0.15, 0.2) is 12.1 Å². The second kappa shape index (κ2) is 6.61. The molecule has 2 heterocycles. The second-order valence-corrected chi connectivity index (χ2v) is 6.51. The van der Waals surface area contributed by atoms with Crippen molar-refractivity contribution in [3.05, 3.63) is 12.1 Å². The molecule has 4 nitrogen and oxygen atoms in total. The molecule has 0 spiro atoms. The first-order chi connectivity index (χ1) is 9.41. The summed E-state index contributed by atoms with van der Waals surface area (Å²) in [6, 6.07) is 0. The van der Waals surface area contributed by atoms with E-state index >= 15 is 0 Å². The van der Waals surface area contributed by atoms with Gasteiger partial charge in [-0.25, -0.2) is 0 Å². The van der Waals surface area contributed by atoms with Gasteiger partial charge in [-0.15, -0.1) is 0 Å². The summed E-state index contributed by atoms with van der Waals surface area (Å²) in [7, 11) is -0.258. The van der Waals surface area contributed by atoms with Crippen LogP contribution >= 0.6 is 0 Å². The van der Waals surface area contributed by atoms with Crippen LogP contribution < -0.4 is 0 Å². The van der Waals surface area contributed by atoms with E-state index in [9.17, 15) is 0 Å². The molecule has 0 saturated carbocycles. The highest BCUT2D eigenvalue weighted by Gasteiger charge is 2.49. The Morgan fingerprint density at radius 2 is 1.85 bits per heavy atom. The van der Waals surface area contributed by atoms with E-state index in [1.165, 1.54) is 6.42 Å².